The molecule has 0 aliphatic rings. The van der Waals surface area contributed by atoms with Crippen LogP contribution >= 0.6 is 0 Å². The number of methoxy groups -OCH3 is 1. The van der Waals surface area contributed by atoms with Crippen molar-refractivity contribution in [2.24, 2.45) is 0 Å². The number of nitrogens with one attached hydrogen (secondary N) is 1. The topological polar surface area (TPSA) is 92.3 Å². The first-order valence-corrected chi connectivity index (χ1v) is 6.49. The zero-order chi connectivity index (χ0) is 15.7. The summed E-state index contributed by atoms with van der Waals surface area (Å²) in [7, 11) is 1.22. The molecular weight excluding hydrogens is 284 g/mol. The number of aromatic hydroxyl groups is 1. The van der Waals surface area contributed by atoms with Gasteiger partial charge in [-0.15, -0.1) is 0 Å². The van der Waals surface area contributed by atoms with Crippen LogP contribution in [-0.2, 0) is 4.74 Å². The molecule has 0 atom stereocenters. The lowest BCUT2D eigenvalue weighted by Crippen LogP contribution is -2.11. The van der Waals surface area contributed by atoms with Gasteiger partial charge in [-0.25, -0.2) is 4.79 Å². The van der Waals surface area contributed by atoms with Crippen molar-refractivity contribution in [2.45, 2.75) is 0 Å². The van der Waals surface area contributed by atoms with E-state index < -0.39 is 5.97 Å². The highest BCUT2D eigenvalue weighted by atomic mass is 16.5. The average molecular weight is 296 g/mol. The zero-order valence-electron chi connectivity index (χ0n) is 11.7. The number of hydrogen-bond donors (Lipinski definition) is 2. The van der Waals surface area contributed by atoms with Gasteiger partial charge in [0.15, 0.2) is 5.43 Å². The minimum Gasteiger partial charge on any atom is -0.506 e. The van der Waals surface area contributed by atoms with E-state index in [1.165, 1.54) is 13.2 Å². The largest absolute Gasteiger partial charge is 0.506 e. The summed E-state index contributed by atoms with van der Waals surface area (Å²) in [5.74, 6) is -0.797. The first-order valence-electron chi connectivity index (χ1n) is 6.49. The number of ether oxygens (including phenoxy) is 1. The van der Waals surface area contributed by atoms with Gasteiger partial charge in [-0.2, -0.15) is 0 Å². The molecule has 0 saturated carbocycles. The molecule has 0 aliphatic carbocycles. The molecule has 0 fully saturated rings. The van der Waals surface area contributed by atoms with E-state index in [0.717, 1.165) is 11.6 Å². The molecule has 1 aromatic carbocycles. The Bertz CT molecular complexity index is 917. The Hall–Kier alpha value is -3.15. The van der Waals surface area contributed by atoms with Gasteiger partial charge in [0.25, 0.3) is 0 Å². The molecule has 0 radical (unpaired) electrons. The summed E-state index contributed by atoms with van der Waals surface area (Å²) in [6.07, 6.45) is 3.28. The van der Waals surface area contributed by atoms with Gasteiger partial charge in [0.1, 0.15) is 11.4 Å². The Balaban J connectivity index is 2.26. The molecule has 2 heterocycles. The monoisotopic (exact) mass is 296 g/mol. The first-order chi connectivity index (χ1) is 10.6. The Labute approximate surface area is 125 Å². The van der Waals surface area contributed by atoms with Crippen molar-refractivity contribution >= 4 is 16.9 Å². The maximum atomic E-state index is 12.2. The van der Waals surface area contributed by atoms with Crippen molar-refractivity contribution in [2.75, 3.05) is 7.11 Å². The van der Waals surface area contributed by atoms with Crippen molar-refractivity contribution in [1.82, 2.24) is 9.97 Å². The molecule has 2 aromatic heterocycles. The molecule has 2 N–H and O–H groups in total. The van der Waals surface area contributed by atoms with Crippen molar-refractivity contribution in [1.29, 1.82) is 0 Å². The highest BCUT2D eigenvalue weighted by Gasteiger charge is 2.13. The minimum atomic E-state index is -0.672. The number of carbonyl (C=O) groups excluding carboxylic acids is 1. The Morgan fingerprint density at radius 2 is 2.09 bits per heavy atom. The van der Waals surface area contributed by atoms with Crippen LogP contribution in [0.3, 0.4) is 0 Å². The zero-order valence-corrected chi connectivity index (χ0v) is 11.7. The molecule has 3 aromatic rings. The number of aromatic amines is 1. The van der Waals surface area contributed by atoms with Crippen LogP contribution in [-0.4, -0.2) is 28.2 Å². The number of phenolic OH excluding ortho intramolecular Hbond substituents is 1. The number of fused-ring (bicyclic) bond motifs is 1. The van der Waals surface area contributed by atoms with Crippen LogP contribution in [0.1, 0.15) is 10.5 Å². The lowest BCUT2D eigenvalue weighted by molar-refractivity contribution is 0.0594. The van der Waals surface area contributed by atoms with E-state index in [9.17, 15) is 14.7 Å². The fraction of sp³-hybridized carbons (Fsp3) is 0.0625. The van der Waals surface area contributed by atoms with E-state index in [-0.39, 0.29) is 27.8 Å². The van der Waals surface area contributed by atoms with Crippen molar-refractivity contribution in [3.63, 3.8) is 0 Å². The van der Waals surface area contributed by atoms with Crippen LogP contribution in [0.2, 0.25) is 0 Å². The standard InChI is InChI=1S/C16H12N2O4/c1-22-16(21)12-7-13(19)11-5-10(6-14(20)15(11)18-12)9-3-2-4-17-8-9/h2-8,20H,1H3,(H,18,19). The summed E-state index contributed by atoms with van der Waals surface area (Å²) in [5.41, 5.74) is 1.24. The fourth-order valence-electron chi connectivity index (χ4n) is 2.25. The van der Waals surface area contributed by atoms with Crippen LogP contribution in [0, 0.1) is 0 Å². The Kier molecular flexibility index (Phi) is 3.34. The van der Waals surface area contributed by atoms with Gasteiger partial charge in [-0.05, 0) is 23.8 Å². The summed E-state index contributed by atoms with van der Waals surface area (Å²) in [5, 5.41) is 10.5. The van der Waals surface area contributed by atoms with Gasteiger partial charge in [0.05, 0.1) is 12.6 Å². The molecule has 6 heteroatoms. The van der Waals surface area contributed by atoms with E-state index in [4.69, 9.17) is 0 Å². The Morgan fingerprint density at radius 1 is 1.27 bits per heavy atom. The van der Waals surface area contributed by atoms with E-state index in [2.05, 4.69) is 14.7 Å². The van der Waals surface area contributed by atoms with Gasteiger partial charge < -0.3 is 14.8 Å². The van der Waals surface area contributed by atoms with E-state index >= 15 is 0 Å². The summed E-state index contributed by atoms with van der Waals surface area (Å²) < 4.78 is 4.57. The highest BCUT2D eigenvalue weighted by Crippen LogP contribution is 2.29. The number of carbonyl (C=O) groups is 1. The summed E-state index contributed by atoms with van der Waals surface area (Å²) in [6.45, 7) is 0. The third-order valence-corrected chi connectivity index (χ3v) is 3.32. The summed E-state index contributed by atoms with van der Waals surface area (Å²) in [6, 6.07) is 7.90. The van der Waals surface area contributed by atoms with Crippen LogP contribution in [0.25, 0.3) is 22.0 Å². The predicted molar refractivity (Wildman–Crippen MR) is 80.8 cm³/mol. The second-order valence-corrected chi connectivity index (χ2v) is 4.70. The summed E-state index contributed by atoms with van der Waals surface area (Å²) in [4.78, 5) is 30.5. The van der Waals surface area contributed by atoms with Gasteiger partial charge in [0, 0.05) is 29.4 Å². The number of pyridine rings is 2. The van der Waals surface area contributed by atoms with Crippen molar-refractivity contribution in [3.05, 3.63) is 58.6 Å². The third kappa shape index (κ3) is 2.31. The number of aromatic nitrogens is 2. The number of H-pyrrole nitrogens is 1. The number of nitrogens with zero attached hydrogens (tertiary/aromatic N) is 1. The molecular formula is C16H12N2O4. The lowest BCUT2D eigenvalue weighted by Gasteiger charge is -2.07. The normalized spacial score (nSPS) is 10.6. The smallest absolute Gasteiger partial charge is 0.354 e. The minimum absolute atomic E-state index is 0.00979. The van der Waals surface area contributed by atoms with Crippen LogP contribution in [0.15, 0.2) is 47.5 Å². The SMILES string of the molecule is COC(=O)c1cc(=O)c2cc(-c3cccnc3)cc(O)c2[nH]1. The maximum Gasteiger partial charge on any atom is 0.354 e. The second-order valence-electron chi connectivity index (χ2n) is 4.70. The Morgan fingerprint density at radius 3 is 2.77 bits per heavy atom. The molecule has 0 bridgehead atoms. The molecule has 0 saturated heterocycles. The predicted octanol–water partition coefficient (Wildman–Crippen LogP) is 2.08. The molecule has 110 valence electrons. The molecule has 0 amide bonds. The van der Waals surface area contributed by atoms with Crippen LogP contribution in [0.4, 0.5) is 0 Å². The molecule has 0 spiro atoms. The number of rotatable bonds is 2. The number of hydrogen-bond acceptors (Lipinski definition) is 5. The molecule has 0 aliphatic heterocycles. The second kappa shape index (κ2) is 5.33. The van der Waals surface area contributed by atoms with Crippen molar-refractivity contribution in [3.8, 4) is 16.9 Å². The molecule has 22 heavy (non-hydrogen) atoms. The first kappa shape index (κ1) is 13.8. The lowest BCUT2D eigenvalue weighted by atomic mass is 10.0. The quantitative estimate of drug-likeness (QED) is 0.706. The number of phenols is 1. The number of benzene rings is 1. The fourth-order valence-corrected chi connectivity index (χ4v) is 2.25. The van der Waals surface area contributed by atoms with Crippen LogP contribution < -0.4 is 5.43 Å². The molecule has 3 rings (SSSR count). The van der Waals surface area contributed by atoms with Crippen LogP contribution in [0.5, 0.6) is 5.75 Å². The van der Waals surface area contributed by atoms with Gasteiger partial charge in [0.2, 0.25) is 0 Å². The van der Waals surface area contributed by atoms with E-state index in [0.29, 0.717) is 5.56 Å². The molecule has 0 unspecified atom stereocenters. The van der Waals surface area contributed by atoms with Crippen molar-refractivity contribution < 1.29 is 14.6 Å². The maximum absolute atomic E-state index is 12.2. The van der Waals surface area contributed by atoms with Gasteiger partial charge in [-0.3, -0.25) is 9.78 Å². The van der Waals surface area contributed by atoms with Gasteiger partial charge in [-0.1, -0.05) is 6.07 Å². The van der Waals surface area contributed by atoms with E-state index in [1.807, 2.05) is 6.07 Å². The number of esters is 1. The highest BCUT2D eigenvalue weighted by molar-refractivity contribution is 5.94. The van der Waals surface area contributed by atoms with E-state index in [1.54, 1.807) is 24.5 Å². The summed E-state index contributed by atoms with van der Waals surface area (Å²) >= 11 is 0. The molecule has 6 nitrogen and oxygen atoms in total. The van der Waals surface area contributed by atoms with Gasteiger partial charge >= 0.3 is 5.97 Å². The average Bonchev–Trinajstić information content (AvgIpc) is 2.55. The third-order valence-electron chi connectivity index (χ3n) is 3.32.